The number of anilines is 1. The molecular formula is C24H24N4O4S2. The lowest BCUT2D eigenvalue weighted by atomic mass is 9.89. The zero-order valence-corrected chi connectivity index (χ0v) is 20.7. The summed E-state index contributed by atoms with van der Waals surface area (Å²) in [6.07, 6.45) is 6.22. The smallest absolute Gasteiger partial charge is 0.263 e. The van der Waals surface area contributed by atoms with Crippen molar-refractivity contribution in [3.05, 3.63) is 53.2 Å². The lowest BCUT2D eigenvalue weighted by molar-refractivity contribution is 0.354. The Morgan fingerprint density at radius 1 is 1.12 bits per heavy atom. The molecule has 0 bridgehead atoms. The largest absolute Gasteiger partial charge is 0.493 e. The maximum absolute atomic E-state index is 13.4. The Balaban J connectivity index is 1.66. The highest BCUT2D eigenvalue weighted by Gasteiger charge is 2.27. The van der Waals surface area contributed by atoms with E-state index in [-0.39, 0.29) is 10.7 Å². The summed E-state index contributed by atoms with van der Waals surface area (Å²) in [7, 11) is -0.994. The minimum atomic E-state index is -3.96. The molecule has 0 amide bonds. The molecule has 5 rings (SSSR count). The number of thiophene rings is 1. The third-order valence-corrected chi connectivity index (χ3v) is 8.46. The van der Waals surface area contributed by atoms with Gasteiger partial charge in [0, 0.05) is 28.9 Å². The summed E-state index contributed by atoms with van der Waals surface area (Å²) in [5.74, 6) is 2.07. The van der Waals surface area contributed by atoms with Gasteiger partial charge in [0.15, 0.2) is 23.1 Å². The zero-order chi connectivity index (χ0) is 23.9. The quantitative estimate of drug-likeness (QED) is 0.413. The van der Waals surface area contributed by atoms with Crippen LogP contribution < -0.4 is 14.2 Å². The van der Waals surface area contributed by atoms with Gasteiger partial charge in [-0.1, -0.05) is 6.92 Å². The maximum Gasteiger partial charge on any atom is 0.263 e. The van der Waals surface area contributed by atoms with E-state index in [2.05, 4.69) is 21.6 Å². The Hall–Kier alpha value is -3.24. The van der Waals surface area contributed by atoms with Crippen LogP contribution in [0.3, 0.4) is 0 Å². The second-order valence-corrected chi connectivity index (χ2v) is 11.1. The molecule has 0 fully saturated rings. The van der Waals surface area contributed by atoms with E-state index in [1.807, 2.05) is 6.07 Å². The Bertz CT molecular complexity index is 1470. The molecule has 1 aliphatic rings. The summed E-state index contributed by atoms with van der Waals surface area (Å²) in [5, 5.41) is 0.781. The number of methoxy groups -OCH3 is 2. The van der Waals surface area contributed by atoms with Crippen LogP contribution >= 0.6 is 11.3 Å². The fourth-order valence-electron chi connectivity index (χ4n) is 4.21. The van der Waals surface area contributed by atoms with E-state index in [4.69, 9.17) is 14.5 Å². The number of hydrogen-bond donors (Lipinski definition) is 1. The summed E-state index contributed by atoms with van der Waals surface area (Å²) < 4.78 is 40.1. The number of rotatable bonds is 6. The Kier molecular flexibility index (Phi) is 5.86. The summed E-state index contributed by atoms with van der Waals surface area (Å²) in [4.78, 5) is 15.7. The van der Waals surface area contributed by atoms with Crippen molar-refractivity contribution in [2.75, 3.05) is 18.9 Å². The van der Waals surface area contributed by atoms with Gasteiger partial charge >= 0.3 is 0 Å². The summed E-state index contributed by atoms with van der Waals surface area (Å²) in [5.41, 5.74) is 1.86. The number of fused-ring (bicyclic) bond motifs is 3. The van der Waals surface area contributed by atoms with Crippen LogP contribution in [0.5, 0.6) is 11.5 Å². The first kappa shape index (κ1) is 22.5. The Morgan fingerprint density at radius 3 is 2.68 bits per heavy atom. The number of hydrogen-bond acceptors (Lipinski definition) is 8. The number of sulfonamides is 1. The van der Waals surface area contributed by atoms with Crippen LogP contribution in [0.1, 0.15) is 23.8 Å². The van der Waals surface area contributed by atoms with Crippen LogP contribution in [0, 0.1) is 5.92 Å². The monoisotopic (exact) mass is 496 g/mol. The zero-order valence-electron chi connectivity index (χ0n) is 19.0. The summed E-state index contributed by atoms with van der Waals surface area (Å²) >= 11 is 1.62. The van der Waals surface area contributed by atoms with Crippen molar-refractivity contribution in [3.63, 3.8) is 0 Å². The van der Waals surface area contributed by atoms with Crippen molar-refractivity contribution >= 4 is 37.4 Å². The van der Waals surface area contributed by atoms with Gasteiger partial charge in [-0.25, -0.2) is 18.4 Å². The highest BCUT2D eigenvalue weighted by molar-refractivity contribution is 7.92. The molecule has 0 saturated carbocycles. The number of nitrogens with one attached hydrogen (secondary N) is 1. The first-order valence-corrected chi connectivity index (χ1v) is 13.2. The molecule has 1 aromatic carbocycles. The van der Waals surface area contributed by atoms with E-state index in [1.165, 1.54) is 31.2 Å². The number of aromatic nitrogens is 3. The van der Waals surface area contributed by atoms with Crippen molar-refractivity contribution in [1.29, 1.82) is 0 Å². The van der Waals surface area contributed by atoms with E-state index in [0.29, 0.717) is 23.2 Å². The van der Waals surface area contributed by atoms with E-state index in [1.54, 1.807) is 35.9 Å². The third kappa shape index (κ3) is 4.07. The molecule has 1 atom stereocenters. The van der Waals surface area contributed by atoms with Crippen LogP contribution in [-0.4, -0.2) is 37.6 Å². The highest BCUT2D eigenvalue weighted by atomic mass is 32.2. The molecule has 4 aromatic rings. The van der Waals surface area contributed by atoms with Gasteiger partial charge in [0.2, 0.25) is 0 Å². The van der Waals surface area contributed by atoms with Crippen LogP contribution in [0.4, 0.5) is 5.82 Å². The minimum Gasteiger partial charge on any atom is -0.493 e. The second kappa shape index (κ2) is 8.84. The Labute approximate surface area is 202 Å². The van der Waals surface area contributed by atoms with Gasteiger partial charge in [0.25, 0.3) is 10.0 Å². The average molecular weight is 497 g/mol. The average Bonchev–Trinajstić information content (AvgIpc) is 3.21. The van der Waals surface area contributed by atoms with Crippen molar-refractivity contribution in [1.82, 2.24) is 15.0 Å². The molecule has 0 radical (unpaired) electrons. The van der Waals surface area contributed by atoms with Crippen LogP contribution in [0.25, 0.3) is 21.6 Å². The standard InChI is InChI=1S/C24H24N4O4S2/c1-14-6-8-17-20(11-14)33-24-21(17)23(26-22(27-24)15-5-4-10-25-13-15)28-34(29,30)16-7-9-18(31-2)19(12-16)32-3/h4-5,7,9-10,12-14H,6,8,11H2,1-3H3,(H,26,27,28). The van der Waals surface area contributed by atoms with E-state index >= 15 is 0 Å². The van der Waals surface area contributed by atoms with Gasteiger partial charge in [0.05, 0.1) is 24.5 Å². The van der Waals surface area contributed by atoms with Crippen LogP contribution in [-0.2, 0) is 22.9 Å². The van der Waals surface area contributed by atoms with E-state index < -0.39 is 10.0 Å². The molecule has 34 heavy (non-hydrogen) atoms. The second-order valence-electron chi connectivity index (χ2n) is 8.29. The molecule has 1 unspecified atom stereocenters. The Morgan fingerprint density at radius 2 is 1.94 bits per heavy atom. The molecule has 10 heteroatoms. The number of pyridine rings is 1. The third-order valence-electron chi connectivity index (χ3n) is 5.97. The molecule has 0 aliphatic heterocycles. The highest BCUT2D eigenvalue weighted by Crippen LogP contribution is 2.41. The van der Waals surface area contributed by atoms with E-state index in [0.717, 1.165) is 40.6 Å². The number of aryl methyl sites for hydroxylation is 1. The van der Waals surface area contributed by atoms with Gasteiger partial charge in [-0.05, 0) is 55.0 Å². The van der Waals surface area contributed by atoms with Crippen molar-refractivity contribution in [3.8, 4) is 22.9 Å². The molecule has 3 aromatic heterocycles. The fraction of sp³-hybridized carbons (Fsp3) is 0.292. The lowest BCUT2D eigenvalue weighted by Gasteiger charge is -2.18. The molecular weight excluding hydrogens is 472 g/mol. The van der Waals surface area contributed by atoms with Gasteiger partial charge in [0.1, 0.15) is 4.83 Å². The fourth-order valence-corrected chi connectivity index (χ4v) is 6.62. The molecule has 1 N–H and O–H groups in total. The maximum atomic E-state index is 13.4. The molecule has 1 aliphatic carbocycles. The number of benzene rings is 1. The minimum absolute atomic E-state index is 0.0533. The predicted molar refractivity (Wildman–Crippen MR) is 132 cm³/mol. The summed E-state index contributed by atoms with van der Waals surface area (Å²) in [6.45, 7) is 2.24. The van der Waals surface area contributed by atoms with Gasteiger partial charge < -0.3 is 9.47 Å². The SMILES string of the molecule is COc1ccc(S(=O)(=O)Nc2nc(-c3cccnc3)nc3sc4c(c23)CCC(C)C4)cc1OC. The van der Waals surface area contributed by atoms with Crippen LogP contribution in [0.15, 0.2) is 47.6 Å². The predicted octanol–water partition coefficient (Wildman–Crippen LogP) is 4.70. The molecule has 0 spiro atoms. The molecule has 8 nitrogen and oxygen atoms in total. The summed E-state index contributed by atoms with van der Waals surface area (Å²) in [6, 6.07) is 8.15. The van der Waals surface area contributed by atoms with Gasteiger partial charge in [-0.15, -0.1) is 11.3 Å². The number of nitrogens with zero attached hydrogens (tertiary/aromatic N) is 3. The van der Waals surface area contributed by atoms with Crippen LogP contribution in [0.2, 0.25) is 0 Å². The van der Waals surface area contributed by atoms with E-state index in [9.17, 15) is 8.42 Å². The molecule has 3 heterocycles. The first-order chi connectivity index (χ1) is 16.4. The van der Waals surface area contributed by atoms with Gasteiger partial charge in [-0.3, -0.25) is 9.71 Å². The number of ether oxygens (including phenoxy) is 2. The topological polar surface area (TPSA) is 103 Å². The first-order valence-electron chi connectivity index (χ1n) is 10.9. The lowest BCUT2D eigenvalue weighted by Crippen LogP contribution is -2.16. The normalized spacial score (nSPS) is 15.7. The van der Waals surface area contributed by atoms with Crippen molar-refractivity contribution in [2.24, 2.45) is 5.92 Å². The molecule has 0 saturated heterocycles. The van der Waals surface area contributed by atoms with Crippen molar-refractivity contribution in [2.45, 2.75) is 31.1 Å². The molecule has 176 valence electrons. The van der Waals surface area contributed by atoms with Gasteiger partial charge in [-0.2, -0.15) is 0 Å². The van der Waals surface area contributed by atoms with Crippen molar-refractivity contribution < 1.29 is 17.9 Å².